The van der Waals surface area contributed by atoms with Gasteiger partial charge in [-0.1, -0.05) is 6.07 Å². The van der Waals surface area contributed by atoms with Gasteiger partial charge in [0.25, 0.3) is 0 Å². The predicted octanol–water partition coefficient (Wildman–Crippen LogP) is 1.28. The summed E-state index contributed by atoms with van der Waals surface area (Å²) in [5, 5.41) is 2.63. The van der Waals surface area contributed by atoms with E-state index in [1.54, 1.807) is 17.5 Å². The summed E-state index contributed by atoms with van der Waals surface area (Å²) in [5.41, 5.74) is 0. The van der Waals surface area contributed by atoms with Crippen LogP contribution in [0.4, 0.5) is 0 Å². The summed E-state index contributed by atoms with van der Waals surface area (Å²) < 4.78 is 46.8. The Hall–Kier alpha value is -0.660. The van der Waals surface area contributed by atoms with Crippen LogP contribution in [0.5, 0.6) is 0 Å². The van der Waals surface area contributed by atoms with Crippen LogP contribution in [0.1, 0.15) is 11.3 Å². The van der Waals surface area contributed by atoms with Crippen molar-refractivity contribution < 1.29 is 16.8 Å². The molecule has 0 spiro atoms. The first-order chi connectivity index (χ1) is 7.41. The van der Waals surface area contributed by atoms with Crippen molar-refractivity contribution in [1.29, 1.82) is 0 Å². The van der Waals surface area contributed by atoms with Crippen molar-refractivity contribution in [3.05, 3.63) is 27.8 Å². The Morgan fingerprint density at radius 1 is 1.12 bits per heavy atom. The van der Waals surface area contributed by atoms with Crippen LogP contribution >= 0.6 is 11.3 Å². The first kappa shape index (κ1) is 11.8. The van der Waals surface area contributed by atoms with Crippen molar-refractivity contribution in [2.45, 2.75) is 6.42 Å². The quantitative estimate of drug-likeness (QED) is 0.776. The Balaban J connectivity index is 2.65. The van der Waals surface area contributed by atoms with Gasteiger partial charge in [0.05, 0.1) is 21.8 Å². The highest BCUT2D eigenvalue weighted by atomic mass is 32.2. The Morgan fingerprint density at radius 2 is 1.88 bits per heavy atom. The Morgan fingerprint density at radius 3 is 2.50 bits per heavy atom. The van der Waals surface area contributed by atoms with Gasteiger partial charge in [0.2, 0.25) is 0 Å². The molecule has 0 amide bonds. The molecule has 1 aromatic heterocycles. The van der Waals surface area contributed by atoms with Crippen LogP contribution in [0.2, 0.25) is 0 Å². The average molecular weight is 278 g/mol. The lowest BCUT2D eigenvalue weighted by molar-refractivity contribution is 0.602. The normalized spacial score (nSPS) is 23.4. The Bertz CT molecular complexity index is 606. The number of thiophene rings is 1. The number of hydrogen-bond donors (Lipinski definition) is 0. The van der Waals surface area contributed by atoms with Gasteiger partial charge in [-0.2, -0.15) is 0 Å². The smallest absolute Gasteiger partial charge is 0.180 e. The lowest BCUT2D eigenvalue weighted by atomic mass is 10.5. The summed E-state index contributed by atoms with van der Waals surface area (Å²) in [6.45, 7) is 0. The monoisotopic (exact) mass is 278 g/mol. The third kappa shape index (κ3) is 2.36. The van der Waals surface area contributed by atoms with Crippen LogP contribution in [0.3, 0.4) is 0 Å². The van der Waals surface area contributed by atoms with Crippen LogP contribution < -0.4 is 0 Å². The summed E-state index contributed by atoms with van der Waals surface area (Å²) in [6, 6.07) is 3.32. The molecule has 0 radical (unpaired) electrons. The molecule has 88 valence electrons. The maximum Gasteiger partial charge on any atom is 0.180 e. The third-order valence-electron chi connectivity index (χ3n) is 2.23. The standard InChI is InChI=1S/C9H10O4S3/c10-15(11)5-2-6-16(12,13)9(7-15)8-3-1-4-14-8/h1,3-4,7H,2,5-6H2. The third-order valence-corrected chi connectivity index (χ3v) is 6.70. The van der Waals surface area contributed by atoms with Gasteiger partial charge in [0.15, 0.2) is 19.7 Å². The van der Waals surface area contributed by atoms with Gasteiger partial charge in [-0.15, -0.1) is 11.3 Å². The summed E-state index contributed by atoms with van der Waals surface area (Å²) in [7, 11) is -6.86. The maximum atomic E-state index is 11.9. The van der Waals surface area contributed by atoms with E-state index in [1.165, 1.54) is 11.3 Å². The van der Waals surface area contributed by atoms with E-state index in [4.69, 9.17) is 0 Å². The molecule has 0 aliphatic carbocycles. The predicted molar refractivity (Wildman–Crippen MR) is 64.5 cm³/mol. The Labute approximate surface area is 98.5 Å². The van der Waals surface area contributed by atoms with Crippen molar-refractivity contribution in [2.24, 2.45) is 0 Å². The maximum absolute atomic E-state index is 11.9. The van der Waals surface area contributed by atoms with Crippen LogP contribution in [-0.4, -0.2) is 28.3 Å². The van der Waals surface area contributed by atoms with Gasteiger partial charge in [-0.05, 0) is 17.9 Å². The van der Waals surface area contributed by atoms with Gasteiger partial charge >= 0.3 is 0 Å². The molecule has 7 heteroatoms. The van der Waals surface area contributed by atoms with Crippen molar-refractivity contribution in [3.63, 3.8) is 0 Å². The lowest BCUT2D eigenvalue weighted by Crippen LogP contribution is -2.06. The fourth-order valence-corrected chi connectivity index (χ4v) is 6.17. The molecule has 0 aromatic carbocycles. The highest BCUT2D eigenvalue weighted by Gasteiger charge is 2.27. The molecular weight excluding hydrogens is 268 g/mol. The van der Waals surface area contributed by atoms with E-state index in [0.717, 1.165) is 5.41 Å². The van der Waals surface area contributed by atoms with E-state index in [0.29, 0.717) is 4.88 Å². The van der Waals surface area contributed by atoms with Crippen LogP contribution in [-0.2, 0) is 19.7 Å². The van der Waals surface area contributed by atoms with E-state index in [-0.39, 0.29) is 22.8 Å². The van der Waals surface area contributed by atoms with Crippen LogP contribution in [0.25, 0.3) is 4.91 Å². The minimum atomic E-state index is -3.46. The van der Waals surface area contributed by atoms with Gasteiger partial charge in [-0.25, -0.2) is 16.8 Å². The highest BCUT2D eigenvalue weighted by Crippen LogP contribution is 2.29. The zero-order chi connectivity index (χ0) is 11.8. The summed E-state index contributed by atoms with van der Waals surface area (Å²) in [4.78, 5) is 0.436. The molecule has 1 aliphatic heterocycles. The zero-order valence-corrected chi connectivity index (χ0v) is 10.7. The Kier molecular flexibility index (Phi) is 2.93. The van der Waals surface area contributed by atoms with Gasteiger partial charge in [0, 0.05) is 4.88 Å². The second-order valence-electron chi connectivity index (χ2n) is 3.50. The van der Waals surface area contributed by atoms with E-state index in [1.807, 2.05) is 0 Å². The minimum absolute atomic E-state index is 0.0556. The molecule has 0 saturated heterocycles. The second kappa shape index (κ2) is 3.97. The van der Waals surface area contributed by atoms with Crippen molar-refractivity contribution >= 4 is 35.9 Å². The summed E-state index contributed by atoms with van der Waals surface area (Å²) in [5.74, 6) is -0.197. The molecule has 0 bridgehead atoms. The summed E-state index contributed by atoms with van der Waals surface area (Å²) >= 11 is 1.23. The second-order valence-corrected chi connectivity index (χ2v) is 8.49. The number of hydrogen-bond acceptors (Lipinski definition) is 5. The SMILES string of the molecule is O=S1(=O)C=C(c2cccs2)S(=O)(=O)CCC1. The molecule has 0 unspecified atom stereocenters. The van der Waals surface area contributed by atoms with Gasteiger partial charge in [0.1, 0.15) is 0 Å². The minimum Gasteiger partial charge on any atom is -0.224 e. The van der Waals surface area contributed by atoms with Crippen LogP contribution in [0.15, 0.2) is 22.9 Å². The molecule has 0 atom stereocenters. The molecule has 4 nitrogen and oxygen atoms in total. The van der Waals surface area contributed by atoms with Crippen LogP contribution in [0, 0.1) is 0 Å². The van der Waals surface area contributed by atoms with Crippen molar-refractivity contribution in [3.8, 4) is 0 Å². The first-order valence-electron chi connectivity index (χ1n) is 4.62. The fourth-order valence-electron chi connectivity index (χ4n) is 1.49. The topological polar surface area (TPSA) is 68.3 Å². The molecule has 0 fully saturated rings. The lowest BCUT2D eigenvalue weighted by Gasteiger charge is -2.02. The molecule has 2 heterocycles. The van der Waals surface area contributed by atoms with E-state index in [2.05, 4.69) is 0 Å². The molecule has 0 N–H and O–H groups in total. The summed E-state index contributed by atoms with van der Waals surface area (Å²) in [6.07, 6.45) is 0.163. The molecule has 1 aliphatic rings. The number of rotatable bonds is 1. The molecule has 1 aromatic rings. The van der Waals surface area contributed by atoms with E-state index >= 15 is 0 Å². The van der Waals surface area contributed by atoms with E-state index < -0.39 is 19.7 Å². The first-order valence-corrected chi connectivity index (χ1v) is 8.87. The van der Waals surface area contributed by atoms with Crippen molar-refractivity contribution in [2.75, 3.05) is 11.5 Å². The largest absolute Gasteiger partial charge is 0.224 e. The molecule has 2 rings (SSSR count). The van der Waals surface area contributed by atoms with Crippen molar-refractivity contribution in [1.82, 2.24) is 0 Å². The average Bonchev–Trinajstić information content (AvgIpc) is 2.62. The highest BCUT2D eigenvalue weighted by molar-refractivity contribution is 8.03. The molecule has 0 saturated carbocycles. The fraction of sp³-hybridized carbons (Fsp3) is 0.333. The molecular formula is C9H10O4S3. The number of sulfone groups is 2. The van der Waals surface area contributed by atoms with E-state index in [9.17, 15) is 16.8 Å². The van der Waals surface area contributed by atoms with Gasteiger partial charge < -0.3 is 0 Å². The molecule has 16 heavy (non-hydrogen) atoms. The zero-order valence-electron chi connectivity index (χ0n) is 8.29. The van der Waals surface area contributed by atoms with Gasteiger partial charge in [-0.3, -0.25) is 0 Å².